The largest absolute Gasteiger partial charge is 0.316 e. The first kappa shape index (κ1) is 10.3. The molecule has 1 aromatic rings. The van der Waals surface area contributed by atoms with Crippen LogP contribution in [0.25, 0.3) is 0 Å². The van der Waals surface area contributed by atoms with E-state index in [-0.39, 0.29) is 0 Å². The minimum atomic E-state index is 0.739. The van der Waals surface area contributed by atoms with Crippen molar-refractivity contribution in [2.24, 2.45) is 5.92 Å². The molecule has 2 heteroatoms. The van der Waals surface area contributed by atoms with Crippen LogP contribution in [0.3, 0.4) is 0 Å². The number of hydrogen-bond donors (Lipinski definition) is 2. The van der Waals surface area contributed by atoms with Crippen molar-refractivity contribution >= 4 is 0 Å². The second-order valence-corrected chi connectivity index (χ2v) is 5.13. The Hall–Kier alpha value is -0.860. The van der Waals surface area contributed by atoms with Crippen molar-refractivity contribution < 1.29 is 0 Å². The van der Waals surface area contributed by atoms with Crippen molar-refractivity contribution in [3.63, 3.8) is 0 Å². The van der Waals surface area contributed by atoms with Crippen LogP contribution in [-0.2, 0) is 0 Å². The first-order valence-corrected chi connectivity index (χ1v) is 6.42. The van der Waals surface area contributed by atoms with Crippen molar-refractivity contribution in [1.82, 2.24) is 10.6 Å². The van der Waals surface area contributed by atoms with Gasteiger partial charge in [0.15, 0.2) is 0 Å². The summed E-state index contributed by atoms with van der Waals surface area (Å²) < 4.78 is 0. The lowest BCUT2D eigenvalue weighted by molar-refractivity contribution is 0.507. The number of nitrogens with one attached hydrogen (secondary N) is 2. The van der Waals surface area contributed by atoms with Crippen LogP contribution in [0, 0.1) is 5.92 Å². The van der Waals surface area contributed by atoms with E-state index in [2.05, 4.69) is 41.0 Å². The molecule has 2 N–H and O–H groups in total. The molecule has 3 atom stereocenters. The number of benzene rings is 1. The summed E-state index contributed by atoms with van der Waals surface area (Å²) in [6.45, 7) is 3.61. The fourth-order valence-electron chi connectivity index (χ4n) is 2.70. The predicted octanol–water partition coefficient (Wildman–Crippen LogP) is 1.74. The minimum absolute atomic E-state index is 0.739. The Morgan fingerprint density at radius 1 is 1.25 bits per heavy atom. The maximum atomic E-state index is 3.71. The lowest BCUT2D eigenvalue weighted by Gasteiger charge is -2.09. The smallest absolute Gasteiger partial charge is 0.0143 e. The van der Waals surface area contributed by atoms with Crippen LogP contribution < -0.4 is 10.6 Å². The molecule has 1 unspecified atom stereocenters. The highest BCUT2D eigenvalue weighted by molar-refractivity contribution is 5.27. The van der Waals surface area contributed by atoms with Gasteiger partial charge in [-0.1, -0.05) is 30.3 Å². The fourth-order valence-corrected chi connectivity index (χ4v) is 2.70. The van der Waals surface area contributed by atoms with E-state index < -0.39 is 0 Å². The Morgan fingerprint density at radius 2 is 2.12 bits per heavy atom. The lowest BCUT2D eigenvalue weighted by Crippen LogP contribution is -2.26. The summed E-state index contributed by atoms with van der Waals surface area (Å²) in [5.74, 6) is 1.63. The van der Waals surface area contributed by atoms with E-state index in [4.69, 9.17) is 0 Å². The zero-order valence-corrected chi connectivity index (χ0v) is 9.65. The standard InChI is InChI=1S/C14H20N2/c1-2-4-12(5-3-1)13-8-14(13)16-10-11-6-7-15-9-11/h1-5,11,13-16H,6-10H2/t11?,13-,14+/m1/s1. The molecule has 1 aromatic carbocycles. The average Bonchev–Trinajstić information content (AvgIpc) is 2.93. The zero-order valence-electron chi connectivity index (χ0n) is 9.65. The summed E-state index contributed by atoms with van der Waals surface area (Å²) in [4.78, 5) is 0. The second-order valence-electron chi connectivity index (χ2n) is 5.13. The summed E-state index contributed by atoms with van der Waals surface area (Å²) in [5, 5.41) is 7.13. The maximum Gasteiger partial charge on any atom is 0.0143 e. The molecule has 1 aliphatic carbocycles. The Balaban J connectivity index is 1.46. The SMILES string of the molecule is c1ccc([C@H]2C[C@@H]2NCC2CCNC2)cc1. The van der Waals surface area contributed by atoms with Gasteiger partial charge in [0.2, 0.25) is 0 Å². The van der Waals surface area contributed by atoms with Crippen LogP contribution in [0.4, 0.5) is 0 Å². The average molecular weight is 216 g/mol. The van der Waals surface area contributed by atoms with Gasteiger partial charge in [0.05, 0.1) is 0 Å². The van der Waals surface area contributed by atoms with Gasteiger partial charge in [-0.2, -0.15) is 0 Å². The summed E-state index contributed by atoms with van der Waals surface area (Å²) in [5.41, 5.74) is 1.50. The Kier molecular flexibility index (Phi) is 2.94. The topological polar surface area (TPSA) is 24.1 Å². The van der Waals surface area contributed by atoms with Gasteiger partial charge in [0.1, 0.15) is 0 Å². The van der Waals surface area contributed by atoms with Gasteiger partial charge in [-0.25, -0.2) is 0 Å². The third-order valence-corrected chi connectivity index (χ3v) is 3.85. The van der Waals surface area contributed by atoms with Gasteiger partial charge < -0.3 is 10.6 Å². The normalized spacial score (nSPS) is 32.9. The molecule has 3 rings (SSSR count). The van der Waals surface area contributed by atoms with Crippen molar-refractivity contribution in [3.05, 3.63) is 35.9 Å². The van der Waals surface area contributed by atoms with Crippen LogP contribution >= 0.6 is 0 Å². The summed E-state index contributed by atoms with van der Waals surface area (Å²) in [7, 11) is 0. The van der Waals surface area contributed by atoms with E-state index in [1.165, 1.54) is 38.0 Å². The van der Waals surface area contributed by atoms with Crippen LogP contribution in [0.5, 0.6) is 0 Å². The maximum absolute atomic E-state index is 3.71. The molecule has 1 heterocycles. The predicted molar refractivity (Wildman–Crippen MR) is 66.6 cm³/mol. The molecule has 2 aliphatic rings. The lowest BCUT2D eigenvalue weighted by atomic mass is 10.1. The highest BCUT2D eigenvalue weighted by Gasteiger charge is 2.37. The summed E-state index contributed by atoms with van der Waals surface area (Å²) >= 11 is 0. The molecule has 0 bridgehead atoms. The Labute approximate surface area is 97.4 Å². The van der Waals surface area contributed by atoms with E-state index in [0.29, 0.717) is 0 Å². The molecule has 2 fully saturated rings. The highest BCUT2D eigenvalue weighted by atomic mass is 15.0. The van der Waals surface area contributed by atoms with E-state index in [9.17, 15) is 0 Å². The van der Waals surface area contributed by atoms with Crippen molar-refractivity contribution in [1.29, 1.82) is 0 Å². The molecule has 1 aliphatic heterocycles. The molecule has 16 heavy (non-hydrogen) atoms. The van der Waals surface area contributed by atoms with Gasteiger partial charge in [0, 0.05) is 12.0 Å². The monoisotopic (exact) mass is 216 g/mol. The second kappa shape index (κ2) is 4.56. The molecule has 86 valence electrons. The first-order chi connectivity index (χ1) is 7.93. The third kappa shape index (κ3) is 2.28. The van der Waals surface area contributed by atoms with E-state index in [1.54, 1.807) is 0 Å². The van der Waals surface area contributed by atoms with E-state index in [1.807, 2.05) is 0 Å². The van der Waals surface area contributed by atoms with Crippen molar-refractivity contribution in [2.45, 2.75) is 24.8 Å². The van der Waals surface area contributed by atoms with Crippen LogP contribution in [0.1, 0.15) is 24.3 Å². The summed E-state index contributed by atoms with van der Waals surface area (Å²) in [6, 6.07) is 11.6. The van der Waals surface area contributed by atoms with E-state index >= 15 is 0 Å². The van der Waals surface area contributed by atoms with Crippen molar-refractivity contribution in [2.75, 3.05) is 19.6 Å². The molecular formula is C14H20N2. The number of rotatable bonds is 4. The molecule has 1 saturated heterocycles. The molecule has 0 aromatic heterocycles. The van der Waals surface area contributed by atoms with Gasteiger partial charge in [-0.15, -0.1) is 0 Å². The van der Waals surface area contributed by atoms with Crippen LogP contribution in [-0.4, -0.2) is 25.7 Å². The van der Waals surface area contributed by atoms with Gasteiger partial charge in [0.25, 0.3) is 0 Å². The molecule has 1 saturated carbocycles. The molecular weight excluding hydrogens is 196 g/mol. The van der Waals surface area contributed by atoms with Crippen LogP contribution in [0.15, 0.2) is 30.3 Å². The third-order valence-electron chi connectivity index (χ3n) is 3.85. The van der Waals surface area contributed by atoms with Crippen molar-refractivity contribution in [3.8, 4) is 0 Å². The van der Waals surface area contributed by atoms with Gasteiger partial charge in [-0.3, -0.25) is 0 Å². The van der Waals surface area contributed by atoms with Crippen LogP contribution in [0.2, 0.25) is 0 Å². The Bertz CT molecular complexity index is 330. The quantitative estimate of drug-likeness (QED) is 0.801. The fraction of sp³-hybridized carbons (Fsp3) is 0.571. The van der Waals surface area contributed by atoms with Gasteiger partial charge in [-0.05, 0) is 44.0 Å². The molecule has 2 nitrogen and oxygen atoms in total. The number of hydrogen-bond acceptors (Lipinski definition) is 2. The minimum Gasteiger partial charge on any atom is -0.316 e. The Morgan fingerprint density at radius 3 is 2.88 bits per heavy atom. The van der Waals surface area contributed by atoms with E-state index in [0.717, 1.165) is 17.9 Å². The molecule has 0 amide bonds. The first-order valence-electron chi connectivity index (χ1n) is 6.42. The highest BCUT2D eigenvalue weighted by Crippen LogP contribution is 2.40. The van der Waals surface area contributed by atoms with Gasteiger partial charge >= 0.3 is 0 Å². The summed E-state index contributed by atoms with van der Waals surface area (Å²) in [6.07, 6.45) is 2.67. The molecule has 0 radical (unpaired) electrons. The zero-order chi connectivity index (χ0) is 10.8. The molecule has 0 spiro atoms.